The summed E-state index contributed by atoms with van der Waals surface area (Å²) in [6, 6.07) is 0.744. The normalized spacial score (nSPS) is 23.8. The highest BCUT2D eigenvalue weighted by atomic mass is 16.5. The van der Waals surface area contributed by atoms with E-state index in [0.29, 0.717) is 0 Å². The van der Waals surface area contributed by atoms with Crippen LogP contribution in [0.5, 0.6) is 0 Å². The largest absolute Gasteiger partial charge is 0.369 e. The molecule has 0 saturated carbocycles. The molecule has 1 saturated heterocycles. The molecule has 0 aromatic rings. The van der Waals surface area contributed by atoms with Crippen molar-refractivity contribution in [3.8, 4) is 0 Å². The van der Waals surface area contributed by atoms with E-state index in [1.54, 1.807) is 7.11 Å². The molecule has 1 rings (SSSR count). The molecule has 0 amide bonds. The standard InChI is InChI=1S/C10H22N2O/c1-12(9-13-2)8-6-10-5-3-4-7-11-10/h10-11H,3-9H2,1-2H3. The molecule has 0 radical (unpaired) electrons. The lowest BCUT2D eigenvalue weighted by Crippen LogP contribution is -2.37. The molecule has 13 heavy (non-hydrogen) atoms. The third-order valence-electron chi connectivity index (χ3n) is 2.62. The molecule has 3 nitrogen and oxygen atoms in total. The van der Waals surface area contributed by atoms with Gasteiger partial charge in [0.2, 0.25) is 0 Å². The maximum Gasteiger partial charge on any atom is 0.0983 e. The summed E-state index contributed by atoms with van der Waals surface area (Å²) < 4.78 is 5.05. The van der Waals surface area contributed by atoms with Crippen molar-refractivity contribution in [3.63, 3.8) is 0 Å². The predicted octanol–water partition coefficient (Wildman–Crippen LogP) is 1.05. The fourth-order valence-electron chi connectivity index (χ4n) is 1.83. The van der Waals surface area contributed by atoms with Crippen LogP contribution < -0.4 is 5.32 Å². The summed E-state index contributed by atoms with van der Waals surface area (Å²) in [6.45, 7) is 3.08. The van der Waals surface area contributed by atoms with Gasteiger partial charge in [-0.05, 0) is 32.9 Å². The number of methoxy groups -OCH3 is 1. The van der Waals surface area contributed by atoms with Crippen molar-refractivity contribution in [3.05, 3.63) is 0 Å². The van der Waals surface area contributed by atoms with E-state index in [1.165, 1.54) is 32.2 Å². The molecule has 0 bridgehead atoms. The molecule has 1 unspecified atom stereocenters. The average Bonchev–Trinajstić information content (AvgIpc) is 2.17. The lowest BCUT2D eigenvalue weighted by Gasteiger charge is -2.25. The third-order valence-corrected chi connectivity index (χ3v) is 2.62. The van der Waals surface area contributed by atoms with Crippen molar-refractivity contribution in [2.75, 3.05) is 34.0 Å². The first kappa shape index (κ1) is 11.0. The SMILES string of the molecule is COCN(C)CCC1CCCCN1. The summed E-state index contributed by atoms with van der Waals surface area (Å²) in [5, 5.41) is 3.55. The van der Waals surface area contributed by atoms with Crippen LogP contribution in [0.4, 0.5) is 0 Å². The van der Waals surface area contributed by atoms with Gasteiger partial charge < -0.3 is 10.1 Å². The molecule has 0 aromatic heterocycles. The van der Waals surface area contributed by atoms with Crippen LogP contribution in [-0.4, -0.2) is 44.9 Å². The number of nitrogens with one attached hydrogen (secondary N) is 1. The van der Waals surface area contributed by atoms with E-state index in [2.05, 4.69) is 17.3 Å². The van der Waals surface area contributed by atoms with E-state index in [0.717, 1.165) is 19.3 Å². The summed E-state index contributed by atoms with van der Waals surface area (Å²) in [5.41, 5.74) is 0. The van der Waals surface area contributed by atoms with Gasteiger partial charge >= 0.3 is 0 Å². The number of nitrogens with zero attached hydrogens (tertiary/aromatic N) is 1. The van der Waals surface area contributed by atoms with E-state index in [1.807, 2.05) is 0 Å². The molecule has 1 aliphatic heterocycles. The van der Waals surface area contributed by atoms with E-state index >= 15 is 0 Å². The zero-order chi connectivity index (χ0) is 9.52. The summed E-state index contributed by atoms with van der Waals surface area (Å²) in [7, 11) is 3.85. The van der Waals surface area contributed by atoms with Crippen LogP contribution in [0.2, 0.25) is 0 Å². The van der Waals surface area contributed by atoms with Crippen molar-refractivity contribution in [1.82, 2.24) is 10.2 Å². The van der Waals surface area contributed by atoms with Crippen LogP contribution in [-0.2, 0) is 4.74 Å². The highest BCUT2D eigenvalue weighted by Gasteiger charge is 2.12. The Morgan fingerprint density at radius 2 is 2.31 bits per heavy atom. The van der Waals surface area contributed by atoms with Gasteiger partial charge in [-0.1, -0.05) is 6.42 Å². The second-order valence-corrected chi connectivity index (χ2v) is 3.93. The highest BCUT2D eigenvalue weighted by molar-refractivity contribution is 4.72. The number of hydrogen-bond acceptors (Lipinski definition) is 3. The van der Waals surface area contributed by atoms with Crippen molar-refractivity contribution in [2.24, 2.45) is 0 Å². The van der Waals surface area contributed by atoms with Gasteiger partial charge in [0.1, 0.15) is 0 Å². The van der Waals surface area contributed by atoms with Gasteiger partial charge in [-0.3, -0.25) is 4.90 Å². The van der Waals surface area contributed by atoms with Crippen LogP contribution in [0.1, 0.15) is 25.7 Å². The fourth-order valence-corrected chi connectivity index (χ4v) is 1.83. The first-order valence-corrected chi connectivity index (χ1v) is 5.24. The third kappa shape index (κ3) is 4.60. The average molecular weight is 186 g/mol. The van der Waals surface area contributed by atoms with Crippen LogP contribution in [0, 0.1) is 0 Å². The Morgan fingerprint density at radius 3 is 2.92 bits per heavy atom. The van der Waals surface area contributed by atoms with Crippen molar-refractivity contribution < 1.29 is 4.74 Å². The molecular weight excluding hydrogens is 164 g/mol. The molecule has 0 spiro atoms. The topological polar surface area (TPSA) is 24.5 Å². The maximum atomic E-state index is 5.05. The molecule has 0 aliphatic carbocycles. The minimum atomic E-state index is 0.743. The molecule has 1 atom stereocenters. The molecule has 3 heteroatoms. The lowest BCUT2D eigenvalue weighted by atomic mass is 10.0. The summed E-state index contributed by atoms with van der Waals surface area (Å²) in [5.74, 6) is 0. The Hall–Kier alpha value is -0.120. The Labute approximate surface area is 81.4 Å². The number of ether oxygens (including phenoxy) is 1. The van der Waals surface area contributed by atoms with Gasteiger partial charge in [0.15, 0.2) is 0 Å². The van der Waals surface area contributed by atoms with Crippen molar-refractivity contribution >= 4 is 0 Å². The first-order valence-electron chi connectivity index (χ1n) is 5.24. The van der Waals surface area contributed by atoms with Crippen LogP contribution in [0.25, 0.3) is 0 Å². The number of piperidine rings is 1. The number of hydrogen-bond donors (Lipinski definition) is 1. The van der Waals surface area contributed by atoms with Gasteiger partial charge in [-0.2, -0.15) is 0 Å². The van der Waals surface area contributed by atoms with Crippen LogP contribution >= 0.6 is 0 Å². The Balaban J connectivity index is 2.03. The monoisotopic (exact) mass is 186 g/mol. The summed E-state index contributed by atoms with van der Waals surface area (Å²) in [6.07, 6.45) is 5.34. The van der Waals surface area contributed by atoms with Gasteiger partial charge in [0.25, 0.3) is 0 Å². The van der Waals surface area contributed by atoms with Crippen LogP contribution in [0.3, 0.4) is 0 Å². The molecule has 0 aromatic carbocycles. The Kier molecular flexibility index (Phi) is 5.35. The Morgan fingerprint density at radius 1 is 1.46 bits per heavy atom. The number of rotatable bonds is 5. The van der Waals surface area contributed by atoms with Crippen LogP contribution in [0.15, 0.2) is 0 Å². The van der Waals surface area contributed by atoms with E-state index < -0.39 is 0 Å². The lowest BCUT2D eigenvalue weighted by molar-refractivity contribution is 0.0784. The van der Waals surface area contributed by atoms with Gasteiger partial charge in [0.05, 0.1) is 6.73 Å². The molecule has 1 N–H and O–H groups in total. The van der Waals surface area contributed by atoms with E-state index in [4.69, 9.17) is 4.74 Å². The molecule has 1 heterocycles. The molecular formula is C10H22N2O. The van der Waals surface area contributed by atoms with Gasteiger partial charge in [0, 0.05) is 19.7 Å². The summed E-state index contributed by atoms with van der Waals surface area (Å²) in [4.78, 5) is 2.22. The van der Waals surface area contributed by atoms with Gasteiger partial charge in [-0.15, -0.1) is 0 Å². The minimum Gasteiger partial charge on any atom is -0.369 e. The van der Waals surface area contributed by atoms with E-state index in [9.17, 15) is 0 Å². The smallest absolute Gasteiger partial charge is 0.0983 e. The zero-order valence-electron chi connectivity index (χ0n) is 8.88. The second-order valence-electron chi connectivity index (χ2n) is 3.93. The van der Waals surface area contributed by atoms with Gasteiger partial charge in [-0.25, -0.2) is 0 Å². The molecule has 1 fully saturated rings. The molecule has 78 valence electrons. The van der Waals surface area contributed by atoms with Crippen molar-refractivity contribution in [1.29, 1.82) is 0 Å². The zero-order valence-corrected chi connectivity index (χ0v) is 8.88. The Bertz CT molecular complexity index is 124. The minimum absolute atomic E-state index is 0.743. The fraction of sp³-hybridized carbons (Fsp3) is 1.00. The first-order chi connectivity index (χ1) is 6.33. The predicted molar refractivity (Wildman–Crippen MR) is 54.8 cm³/mol. The van der Waals surface area contributed by atoms with Crippen molar-refractivity contribution in [2.45, 2.75) is 31.7 Å². The second kappa shape index (κ2) is 6.35. The maximum absolute atomic E-state index is 5.05. The van der Waals surface area contributed by atoms with E-state index in [-0.39, 0.29) is 0 Å². The quantitative estimate of drug-likeness (QED) is 0.650. The molecule has 1 aliphatic rings. The highest BCUT2D eigenvalue weighted by Crippen LogP contribution is 2.10. The summed E-state index contributed by atoms with van der Waals surface area (Å²) >= 11 is 0.